The van der Waals surface area contributed by atoms with Crippen molar-refractivity contribution in [1.29, 1.82) is 0 Å². The van der Waals surface area contributed by atoms with E-state index < -0.39 is 12.0 Å². The molecule has 0 aromatic carbocycles. The van der Waals surface area contributed by atoms with E-state index in [1.807, 2.05) is 6.07 Å². The molecule has 3 aromatic heterocycles. The van der Waals surface area contributed by atoms with Crippen LogP contribution < -0.4 is 0 Å². The van der Waals surface area contributed by atoms with Gasteiger partial charge in [0, 0.05) is 52.4 Å². The van der Waals surface area contributed by atoms with E-state index in [9.17, 15) is 13.2 Å². The Morgan fingerprint density at radius 2 is 2.04 bits per heavy atom. The van der Waals surface area contributed by atoms with Gasteiger partial charge in [0.2, 0.25) is 5.82 Å². The molecule has 0 spiro atoms. The molecule has 0 aliphatic carbocycles. The smallest absolute Gasteiger partial charge is 0.293 e. The Balaban J connectivity index is 1.46. The van der Waals surface area contributed by atoms with Crippen LogP contribution in [0.2, 0.25) is 0 Å². The Morgan fingerprint density at radius 3 is 2.80 bits per heavy atom. The van der Waals surface area contributed by atoms with E-state index >= 15 is 0 Å². The van der Waals surface area contributed by atoms with Gasteiger partial charge in [-0.1, -0.05) is 6.07 Å². The number of aromatic nitrogens is 2. The molecule has 1 aliphatic rings. The highest BCUT2D eigenvalue weighted by Gasteiger charge is 2.35. The summed E-state index contributed by atoms with van der Waals surface area (Å²) in [5.41, 5.74) is 1.30. The van der Waals surface area contributed by atoms with Crippen molar-refractivity contribution < 1.29 is 13.2 Å². The van der Waals surface area contributed by atoms with E-state index in [1.165, 1.54) is 20.8 Å². The molecular formula is C17H14F3N3S2. The van der Waals surface area contributed by atoms with Crippen LogP contribution in [-0.4, -0.2) is 21.4 Å². The highest BCUT2D eigenvalue weighted by atomic mass is 32.1. The van der Waals surface area contributed by atoms with Crippen molar-refractivity contribution in [2.75, 3.05) is 6.54 Å². The summed E-state index contributed by atoms with van der Waals surface area (Å²) in [6, 6.07) is 8.39. The molecule has 0 unspecified atom stereocenters. The summed E-state index contributed by atoms with van der Waals surface area (Å²) in [5.74, 6) is -1.04. The standard InChI is InChI=1S/C17H14F3N3S2/c18-17(19,20)16-21-8-11-9-23(6-5-13(11)22-16)10-12-3-4-15(25-12)14-2-1-7-24-14/h1-4,7-8H,5-6,9-10H2. The largest absolute Gasteiger partial charge is 0.451 e. The number of rotatable bonds is 3. The first-order chi connectivity index (χ1) is 12.0. The van der Waals surface area contributed by atoms with Gasteiger partial charge in [-0.2, -0.15) is 13.2 Å². The van der Waals surface area contributed by atoms with Crippen LogP contribution in [0, 0.1) is 0 Å². The summed E-state index contributed by atoms with van der Waals surface area (Å²) in [4.78, 5) is 13.2. The lowest BCUT2D eigenvalue weighted by Crippen LogP contribution is -2.31. The molecule has 0 saturated heterocycles. The fraction of sp³-hybridized carbons (Fsp3) is 0.294. The SMILES string of the molecule is FC(F)(F)c1ncc2c(n1)CCN(Cc1ccc(-c3cccs3)s1)C2. The Hall–Kier alpha value is -1.77. The number of hydrogen-bond donors (Lipinski definition) is 0. The molecule has 0 fully saturated rings. The molecule has 0 atom stereocenters. The predicted octanol–water partition coefficient (Wildman–Crippen LogP) is 4.84. The third-order valence-electron chi connectivity index (χ3n) is 4.07. The van der Waals surface area contributed by atoms with Gasteiger partial charge in [-0.15, -0.1) is 22.7 Å². The average molecular weight is 381 g/mol. The van der Waals surface area contributed by atoms with Crippen LogP contribution in [0.3, 0.4) is 0 Å². The molecule has 130 valence electrons. The minimum Gasteiger partial charge on any atom is -0.293 e. The molecule has 1 aliphatic heterocycles. The zero-order chi connectivity index (χ0) is 17.4. The maximum atomic E-state index is 12.7. The first-order valence-electron chi connectivity index (χ1n) is 7.76. The summed E-state index contributed by atoms with van der Waals surface area (Å²) < 4.78 is 38.1. The van der Waals surface area contributed by atoms with E-state index in [4.69, 9.17) is 0 Å². The van der Waals surface area contributed by atoms with Gasteiger partial charge in [0.05, 0.1) is 5.69 Å². The minimum absolute atomic E-state index is 0.518. The van der Waals surface area contributed by atoms with E-state index in [0.29, 0.717) is 25.2 Å². The summed E-state index contributed by atoms with van der Waals surface area (Å²) in [6.45, 7) is 2.07. The van der Waals surface area contributed by atoms with Gasteiger partial charge in [0.15, 0.2) is 0 Å². The predicted molar refractivity (Wildman–Crippen MR) is 92.5 cm³/mol. The van der Waals surface area contributed by atoms with E-state index in [2.05, 4.69) is 38.4 Å². The first kappa shape index (κ1) is 16.7. The van der Waals surface area contributed by atoms with E-state index in [-0.39, 0.29) is 0 Å². The maximum Gasteiger partial charge on any atom is 0.451 e. The number of halogens is 3. The molecule has 4 rings (SSSR count). The maximum absolute atomic E-state index is 12.7. The lowest BCUT2D eigenvalue weighted by atomic mass is 10.1. The Kier molecular flexibility index (Phi) is 4.35. The van der Waals surface area contributed by atoms with E-state index in [0.717, 1.165) is 12.1 Å². The van der Waals surface area contributed by atoms with Crippen LogP contribution in [0.25, 0.3) is 9.75 Å². The van der Waals surface area contributed by atoms with Gasteiger partial charge in [0.25, 0.3) is 0 Å². The Bertz CT molecular complexity index is 872. The van der Waals surface area contributed by atoms with Gasteiger partial charge >= 0.3 is 6.18 Å². The number of alkyl halides is 3. The van der Waals surface area contributed by atoms with Gasteiger partial charge in [-0.25, -0.2) is 9.97 Å². The Morgan fingerprint density at radius 1 is 1.16 bits per heavy atom. The molecule has 8 heteroatoms. The van der Waals surface area contributed by atoms with Gasteiger partial charge in [-0.3, -0.25) is 4.90 Å². The van der Waals surface area contributed by atoms with Crippen molar-refractivity contribution in [3.05, 3.63) is 57.8 Å². The van der Waals surface area contributed by atoms with Crippen molar-refractivity contribution in [1.82, 2.24) is 14.9 Å². The first-order valence-corrected chi connectivity index (χ1v) is 9.45. The zero-order valence-corrected chi connectivity index (χ0v) is 14.7. The fourth-order valence-corrected chi connectivity index (χ4v) is 4.77. The lowest BCUT2D eigenvalue weighted by molar-refractivity contribution is -0.145. The number of thiophene rings is 2. The normalized spacial score (nSPS) is 15.3. The average Bonchev–Trinajstić information content (AvgIpc) is 3.24. The summed E-state index contributed by atoms with van der Waals surface area (Å²) in [7, 11) is 0. The van der Waals surface area contributed by atoms with E-state index in [1.54, 1.807) is 22.7 Å². The molecule has 0 saturated carbocycles. The fourth-order valence-electron chi connectivity index (χ4n) is 2.88. The van der Waals surface area contributed by atoms with Crippen LogP contribution >= 0.6 is 22.7 Å². The molecule has 25 heavy (non-hydrogen) atoms. The number of nitrogens with zero attached hydrogens (tertiary/aromatic N) is 3. The van der Waals surface area contributed by atoms with Gasteiger partial charge in [-0.05, 0) is 23.6 Å². The molecule has 3 nitrogen and oxygen atoms in total. The topological polar surface area (TPSA) is 29.0 Å². The van der Waals surface area contributed by atoms with Crippen molar-refractivity contribution in [3.8, 4) is 9.75 Å². The number of fused-ring (bicyclic) bond motifs is 1. The second kappa shape index (κ2) is 6.51. The van der Waals surface area contributed by atoms with Crippen molar-refractivity contribution in [3.63, 3.8) is 0 Å². The summed E-state index contributed by atoms with van der Waals surface area (Å²) >= 11 is 3.48. The molecule has 4 heterocycles. The van der Waals surface area contributed by atoms with Crippen molar-refractivity contribution in [2.24, 2.45) is 0 Å². The second-order valence-corrected chi connectivity index (χ2v) is 7.98. The van der Waals surface area contributed by atoms with Gasteiger partial charge < -0.3 is 0 Å². The van der Waals surface area contributed by atoms with Crippen LogP contribution in [0.1, 0.15) is 22.0 Å². The molecule has 3 aromatic rings. The molecular weight excluding hydrogens is 367 g/mol. The molecule has 0 amide bonds. The highest BCUT2D eigenvalue weighted by Crippen LogP contribution is 2.33. The molecule has 0 radical (unpaired) electrons. The third kappa shape index (κ3) is 3.61. The highest BCUT2D eigenvalue weighted by molar-refractivity contribution is 7.21. The summed E-state index contributed by atoms with van der Waals surface area (Å²) in [6.07, 6.45) is -2.64. The molecule has 0 N–H and O–H groups in total. The summed E-state index contributed by atoms with van der Waals surface area (Å²) in [5, 5.41) is 2.06. The van der Waals surface area contributed by atoms with Crippen molar-refractivity contribution >= 4 is 22.7 Å². The Labute approximate surface area is 150 Å². The van der Waals surface area contributed by atoms with Crippen LogP contribution in [-0.2, 0) is 25.7 Å². The number of hydrogen-bond acceptors (Lipinski definition) is 5. The minimum atomic E-state index is -4.48. The lowest BCUT2D eigenvalue weighted by Gasteiger charge is -2.27. The monoisotopic (exact) mass is 381 g/mol. The second-order valence-electron chi connectivity index (χ2n) is 5.87. The quantitative estimate of drug-likeness (QED) is 0.650. The van der Waals surface area contributed by atoms with Gasteiger partial charge in [0.1, 0.15) is 0 Å². The van der Waals surface area contributed by atoms with Crippen molar-refractivity contribution in [2.45, 2.75) is 25.7 Å². The third-order valence-corrected chi connectivity index (χ3v) is 6.21. The molecule has 0 bridgehead atoms. The van der Waals surface area contributed by atoms with Crippen LogP contribution in [0.4, 0.5) is 13.2 Å². The van der Waals surface area contributed by atoms with Crippen LogP contribution in [0.15, 0.2) is 35.8 Å². The van der Waals surface area contributed by atoms with Crippen LogP contribution in [0.5, 0.6) is 0 Å². The zero-order valence-electron chi connectivity index (χ0n) is 13.1.